The number of nitrogens with zero attached hydrogens (tertiary/aromatic N) is 2. The normalized spacial score (nSPS) is 16.9. The highest BCUT2D eigenvalue weighted by Crippen LogP contribution is 2.40. The highest BCUT2D eigenvalue weighted by molar-refractivity contribution is 5.95. The molecule has 0 saturated carbocycles. The van der Waals surface area contributed by atoms with Crippen molar-refractivity contribution in [2.75, 3.05) is 53.6 Å². The molecule has 2 aliphatic heterocycles. The Balaban J connectivity index is 1.38. The Bertz CT molecular complexity index is 877. The smallest absolute Gasteiger partial charge is 0.251 e. The van der Waals surface area contributed by atoms with Gasteiger partial charge in [-0.3, -0.25) is 9.69 Å². The Hall–Kier alpha value is -2.77. The predicted octanol–water partition coefficient (Wildman–Crippen LogP) is 2.14. The number of benzene rings is 2. The lowest BCUT2D eigenvalue weighted by atomic mass is 10.1. The predicted molar refractivity (Wildman–Crippen MR) is 114 cm³/mol. The second-order valence-corrected chi connectivity index (χ2v) is 7.78. The van der Waals surface area contributed by atoms with Gasteiger partial charge in [-0.2, -0.15) is 0 Å². The SMILES string of the molecule is COc1cc(C(=O)NCc2cccc(CN3CCN(C)CC3)c2)cc2c1OCCO2. The molecule has 1 N–H and O–H groups in total. The molecule has 2 heterocycles. The largest absolute Gasteiger partial charge is 0.493 e. The highest BCUT2D eigenvalue weighted by atomic mass is 16.6. The van der Waals surface area contributed by atoms with Crippen LogP contribution in [0.4, 0.5) is 0 Å². The van der Waals surface area contributed by atoms with Crippen LogP contribution in [0.15, 0.2) is 36.4 Å². The zero-order chi connectivity index (χ0) is 20.9. The van der Waals surface area contributed by atoms with Crippen molar-refractivity contribution in [3.8, 4) is 17.2 Å². The lowest BCUT2D eigenvalue weighted by Gasteiger charge is -2.32. The topological polar surface area (TPSA) is 63.3 Å². The molecule has 0 bridgehead atoms. The van der Waals surface area contributed by atoms with Gasteiger partial charge in [-0.1, -0.05) is 24.3 Å². The van der Waals surface area contributed by atoms with Gasteiger partial charge in [-0.15, -0.1) is 0 Å². The third-order valence-electron chi connectivity index (χ3n) is 5.54. The van der Waals surface area contributed by atoms with Crippen LogP contribution < -0.4 is 19.5 Å². The molecule has 1 fully saturated rings. The Labute approximate surface area is 177 Å². The number of likely N-dealkylation sites (N-methyl/N-ethyl adjacent to an activating group) is 1. The molecule has 0 aliphatic carbocycles. The van der Waals surface area contributed by atoms with E-state index in [9.17, 15) is 4.79 Å². The quantitative estimate of drug-likeness (QED) is 0.786. The van der Waals surface area contributed by atoms with Crippen molar-refractivity contribution in [3.05, 3.63) is 53.1 Å². The lowest BCUT2D eigenvalue weighted by molar-refractivity contribution is 0.0949. The zero-order valence-corrected chi connectivity index (χ0v) is 17.6. The first kappa shape index (κ1) is 20.5. The fourth-order valence-electron chi connectivity index (χ4n) is 3.79. The zero-order valence-electron chi connectivity index (χ0n) is 17.6. The van der Waals surface area contributed by atoms with Gasteiger partial charge < -0.3 is 24.4 Å². The maximum absolute atomic E-state index is 12.7. The molecule has 4 rings (SSSR count). The standard InChI is InChI=1S/C23H29N3O4/c1-25-6-8-26(9-7-25)16-18-5-3-4-17(12-18)15-24-23(27)19-13-20(28-2)22-21(14-19)29-10-11-30-22/h3-5,12-14H,6-11,15-16H2,1-2H3,(H,24,27). The Morgan fingerprint density at radius 3 is 2.63 bits per heavy atom. The number of amides is 1. The van der Waals surface area contributed by atoms with Gasteiger partial charge in [0.2, 0.25) is 5.75 Å². The fourth-order valence-corrected chi connectivity index (χ4v) is 3.79. The van der Waals surface area contributed by atoms with E-state index in [-0.39, 0.29) is 5.91 Å². The van der Waals surface area contributed by atoms with Crippen molar-refractivity contribution in [3.63, 3.8) is 0 Å². The molecule has 0 spiro atoms. The average molecular weight is 412 g/mol. The van der Waals surface area contributed by atoms with E-state index in [1.165, 1.54) is 5.56 Å². The van der Waals surface area contributed by atoms with E-state index in [0.717, 1.165) is 38.3 Å². The second-order valence-electron chi connectivity index (χ2n) is 7.78. The first-order valence-corrected chi connectivity index (χ1v) is 10.4. The molecule has 0 unspecified atom stereocenters. The monoisotopic (exact) mass is 411 g/mol. The summed E-state index contributed by atoms with van der Waals surface area (Å²) in [5.41, 5.74) is 2.84. The number of hydrogen-bond donors (Lipinski definition) is 1. The van der Waals surface area contributed by atoms with E-state index in [0.29, 0.717) is 42.6 Å². The summed E-state index contributed by atoms with van der Waals surface area (Å²) in [6.07, 6.45) is 0. The van der Waals surface area contributed by atoms with Crippen LogP contribution in [0.2, 0.25) is 0 Å². The number of ether oxygens (including phenoxy) is 3. The number of rotatable bonds is 6. The summed E-state index contributed by atoms with van der Waals surface area (Å²) in [6, 6.07) is 11.8. The maximum Gasteiger partial charge on any atom is 0.251 e. The Morgan fingerprint density at radius 1 is 1.07 bits per heavy atom. The summed E-state index contributed by atoms with van der Waals surface area (Å²) < 4.78 is 16.6. The minimum Gasteiger partial charge on any atom is -0.493 e. The molecule has 0 atom stereocenters. The fraction of sp³-hybridized carbons (Fsp3) is 0.435. The van der Waals surface area contributed by atoms with Gasteiger partial charge in [-0.05, 0) is 30.3 Å². The molecule has 0 radical (unpaired) electrons. The molecule has 1 saturated heterocycles. The molecule has 2 aromatic carbocycles. The molecular weight excluding hydrogens is 382 g/mol. The van der Waals surface area contributed by atoms with Crippen molar-refractivity contribution in [1.82, 2.24) is 15.1 Å². The maximum atomic E-state index is 12.7. The summed E-state index contributed by atoms with van der Waals surface area (Å²) in [4.78, 5) is 17.6. The summed E-state index contributed by atoms with van der Waals surface area (Å²) in [6.45, 7) is 6.72. The van der Waals surface area contributed by atoms with Crippen molar-refractivity contribution in [2.24, 2.45) is 0 Å². The number of nitrogens with one attached hydrogen (secondary N) is 1. The van der Waals surface area contributed by atoms with E-state index in [2.05, 4.69) is 40.4 Å². The molecule has 2 aromatic rings. The van der Waals surface area contributed by atoms with Gasteiger partial charge in [-0.25, -0.2) is 0 Å². The van der Waals surface area contributed by atoms with E-state index < -0.39 is 0 Å². The first-order chi connectivity index (χ1) is 14.6. The number of carbonyl (C=O) groups is 1. The molecule has 7 heteroatoms. The van der Waals surface area contributed by atoms with Crippen molar-refractivity contribution in [1.29, 1.82) is 0 Å². The third kappa shape index (κ3) is 4.86. The van der Waals surface area contributed by atoms with Gasteiger partial charge in [0.05, 0.1) is 7.11 Å². The Morgan fingerprint density at radius 2 is 1.83 bits per heavy atom. The number of piperazine rings is 1. The van der Waals surface area contributed by atoms with Gasteiger partial charge in [0.1, 0.15) is 13.2 Å². The van der Waals surface area contributed by atoms with Gasteiger partial charge in [0.15, 0.2) is 11.5 Å². The van der Waals surface area contributed by atoms with Crippen LogP contribution in [-0.4, -0.2) is 69.3 Å². The van der Waals surface area contributed by atoms with Crippen molar-refractivity contribution >= 4 is 5.91 Å². The van der Waals surface area contributed by atoms with Crippen LogP contribution in [0.3, 0.4) is 0 Å². The first-order valence-electron chi connectivity index (χ1n) is 10.4. The van der Waals surface area contributed by atoms with Crippen LogP contribution in [0.25, 0.3) is 0 Å². The second kappa shape index (κ2) is 9.36. The van der Waals surface area contributed by atoms with E-state index in [1.807, 2.05) is 6.07 Å². The van der Waals surface area contributed by atoms with Gasteiger partial charge in [0, 0.05) is 44.8 Å². The van der Waals surface area contributed by atoms with Crippen LogP contribution in [-0.2, 0) is 13.1 Å². The van der Waals surface area contributed by atoms with E-state index in [1.54, 1.807) is 19.2 Å². The highest BCUT2D eigenvalue weighted by Gasteiger charge is 2.21. The molecule has 2 aliphatic rings. The minimum absolute atomic E-state index is 0.172. The summed E-state index contributed by atoms with van der Waals surface area (Å²) in [5.74, 6) is 1.43. The lowest BCUT2D eigenvalue weighted by Crippen LogP contribution is -2.43. The van der Waals surface area contributed by atoms with Crippen LogP contribution in [0, 0.1) is 0 Å². The number of methoxy groups -OCH3 is 1. The molecule has 160 valence electrons. The number of hydrogen-bond acceptors (Lipinski definition) is 6. The van der Waals surface area contributed by atoms with Gasteiger partial charge >= 0.3 is 0 Å². The molecule has 1 amide bonds. The average Bonchev–Trinajstić information content (AvgIpc) is 2.78. The number of carbonyl (C=O) groups excluding carboxylic acids is 1. The Kier molecular flexibility index (Phi) is 6.40. The van der Waals surface area contributed by atoms with Crippen LogP contribution in [0.5, 0.6) is 17.2 Å². The van der Waals surface area contributed by atoms with Crippen molar-refractivity contribution in [2.45, 2.75) is 13.1 Å². The number of fused-ring (bicyclic) bond motifs is 1. The van der Waals surface area contributed by atoms with Crippen LogP contribution >= 0.6 is 0 Å². The van der Waals surface area contributed by atoms with Crippen molar-refractivity contribution < 1.29 is 19.0 Å². The van der Waals surface area contributed by atoms with Crippen LogP contribution in [0.1, 0.15) is 21.5 Å². The van der Waals surface area contributed by atoms with E-state index in [4.69, 9.17) is 14.2 Å². The molecule has 7 nitrogen and oxygen atoms in total. The minimum atomic E-state index is -0.172. The summed E-state index contributed by atoms with van der Waals surface area (Å²) >= 11 is 0. The third-order valence-corrected chi connectivity index (χ3v) is 5.54. The van der Waals surface area contributed by atoms with E-state index >= 15 is 0 Å². The van der Waals surface area contributed by atoms with Gasteiger partial charge in [0.25, 0.3) is 5.91 Å². The summed E-state index contributed by atoms with van der Waals surface area (Å²) in [7, 11) is 3.72. The molecular formula is C23H29N3O4. The summed E-state index contributed by atoms with van der Waals surface area (Å²) in [5, 5.41) is 3.00. The molecule has 0 aromatic heterocycles. The molecule has 30 heavy (non-hydrogen) atoms.